The van der Waals surface area contributed by atoms with Crippen molar-refractivity contribution in [1.82, 2.24) is 4.98 Å². The Morgan fingerprint density at radius 2 is 2.60 bits per heavy atom. The molecule has 1 heterocycles. The number of carboxylic acids is 1. The first-order valence-corrected chi connectivity index (χ1v) is 4.53. The average Bonchev–Trinajstić information content (AvgIpc) is 2.13. The second-order valence-corrected chi connectivity index (χ2v) is 4.68. The first-order chi connectivity index (χ1) is 4.68. The van der Waals surface area contributed by atoms with Gasteiger partial charge in [-0.25, -0.2) is 0 Å². The van der Waals surface area contributed by atoms with Gasteiger partial charge in [0.25, 0.3) is 0 Å². The van der Waals surface area contributed by atoms with Crippen molar-refractivity contribution in [3.05, 3.63) is 15.2 Å². The molecule has 1 aromatic rings. The molecule has 0 atom stereocenters. The zero-order valence-electron chi connectivity index (χ0n) is 5.50. The Hall–Kier alpha value is -0.601. The van der Waals surface area contributed by atoms with Gasteiger partial charge in [0.2, 0.25) is 0 Å². The van der Waals surface area contributed by atoms with Crippen molar-refractivity contribution < 1.29 is 9.90 Å². The fourth-order valence-corrected chi connectivity index (χ4v) is 2.28. The Balaban J connectivity index is 2.67. The molecule has 1 rings (SSSR count). The number of nitrogens with zero attached hydrogens (tertiary/aromatic N) is 1. The molecule has 0 aliphatic heterocycles. The first kappa shape index (κ1) is 7.51. The number of hydrogen-bond donors (Lipinski definition) is 1. The molecule has 54 valence electrons. The van der Waals surface area contributed by atoms with Gasteiger partial charge in [0.1, 0.15) is 0 Å². The van der Waals surface area contributed by atoms with Gasteiger partial charge < -0.3 is 0 Å². The molecule has 0 amide bonds. The van der Waals surface area contributed by atoms with Crippen LogP contribution in [-0.2, 0) is 11.2 Å². The summed E-state index contributed by atoms with van der Waals surface area (Å²) < 4.78 is 2.02. The molecule has 0 saturated carbocycles. The van der Waals surface area contributed by atoms with Gasteiger partial charge in [-0.3, -0.25) is 0 Å². The van der Waals surface area contributed by atoms with E-state index in [2.05, 4.69) is 4.98 Å². The van der Waals surface area contributed by atoms with E-state index in [1.165, 1.54) is 0 Å². The minimum atomic E-state index is -0.766. The van der Waals surface area contributed by atoms with Crippen LogP contribution in [0.15, 0.2) is 6.20 Å². The molecular weight excluding hydrogens is 197 g/mol. The van der Waals surface area contributed by atoms with Crippen LogP contribution < -0.4 is 0 Å². The number of aliphatic carboxylic acids is 1. The summed E-state index contributed by atoms with van der Waals surface area (Å²) in [6.07, 6.45) is 1.82. The third-order valence-electron chi connectivity index (χ3n) is 0.995. The fourth-order valence-electron chi connectivity index (χ4n) is 0.636. The van der Waals surface area contributed by atoms with Crippen LogP contribution >= 0.6 is 0 Å². The molecule has 3 nitrogen and oxygen atoms in total. The Morgan fingerprint density at radius 3 is 3.00 bits per heavy atom. The van der Waals surface area contributed by atoms with E-state index in [0.717, 1.165) is 9.01 Å². The molecule has 10 heavy (non-hydrogen) atoms. The van der Waals surface area contributed by atoms with Gasteiger partial charge >= 0.3 is 63.9 Å². The predicted molar refractivity (Wildman–Crippen MR) is 37.3 cm³/mol. The predicted octanol–water partition coefficient (Wildman–Crippen LogP) is 0.0741. The Kier molecular flexibility index (Phi) is 2.25. The summed E-state index contributed by atoms with van der Waals surface area (Å²) in [5, 5.41) is 8.38. The normalized spacial score (nSPS) is 9.70. The van der Waals surface area contributed by atoms with Crippen molar-refractivity contribution in [2.24, 2.45) is 0 Å². The molecule has 0 saturated heterocycles. The van der Waals surface area contributed by atoms with Crippen LogP contribution in [0.1, 0.15) is 9.01 Å². The van der Waals surface area contributed by atoms with Gasteiger partial charge in [-0.1, -0.05) is 0 Å². The second kappa shape index (κ2) is 2.99. The zero-order chi connectivity index (χ0) is 7.56. The quantitative estimate of drug-likeness (QED) is 0.693. The number of carbonyl (C=O) groups is 1. The number of carboxylic acid groups (broad SMARTS) is 1. The van der Waals surface area contributed by atoms with E-state index in [1.54, 1.807) is 6.20 Å². The topological polar surface area (TPSA) is 50.2 Å². The third kappa shape index (κ3) is 1.97. The molecular formula is C6H7NO2Se. The Bertz CT molecular complexity index is 244. The first-order valence-electron chi connectivity index (χ1n) is 2.81. The van der Waals surface area contributed by atoms with Crippen molar-refractivity contribution in [3.63, 3.8) is 0 Å². The van der Waals surface area contributed by atoms with Crippen molar-refractivity contribution in [2.45, 2.75) is 13.3 Å². The van der Waals surface area contributed by atoms with Crippen LogP contribution in [0.2, 0.25) is 0 Å². The monoisotopic (exact) mass is 205 g/mol. The Labute approximate surface area is 64.5 Å². The summed E-state index contributed by atoms with van der Waals surface area (Å²) in [5.74, 6) is -0.766. The summed E-state index contributed by atoms with van der Waals surface area (Å²) in [4.78, 5) is 14.2. The molecule has 0 aliphatic carbocycles. The SMILES string of the molecule is Cc1ncc(CC(=O)O)[se]1. The third-order valence-corrected chi connectivity index (χ3v) is 2.91. The van der Waals surface area contributed by atoms with Crippen molar-refractivity contribution in [2.75, 3.05) is 0 Å². The molecule has 0 radical (unpaired) electrons. The maximum atomic E-state index is 10.2. The summed E-state index contributed by atoms with van der Waals surface area (Å²) in [6, 6.07) is 0. The number of aryl methyl sites for hydroxylation is 1. The number of aromatic nitrogens is 1. The van der Waals surface area contributed by atoms with Gasteiger partial charge in [-0.05, 0) is 0 Å². The van der Waals surface area contributed by atoms with Crippen LogP contribution in [0.25, 0.3) is 0 Å². The van der Waals surface area contributed by atoms with E-state index in [-0.39, 0.29) is 20.9 Å². The average molecular weight is 204 g/mol. The minimum absolute atomic E-state index is 0.154. The summed E-state index contributed by atoms with van der Waals surface area (Å²) in [7, 11) is 0. The van der Waals surface area contributed by atoms with Crippen molar-refractivity contribution >= 4 is 20.5 Å². The van der Waals surface area contributed by atoms with Crippen molar-refractivity contribution in [3.8, 4) is 0 Å². The number of hydrogen-bond acceptors (Lipinski definition) is 2. The van der Waals surface area contributed by atoms with E-state index in [4.69, 9.17) is 5.11 Å². The van der Waals surface area contributed by atoms with Gasteiger partial charge in [0.15, 0.2) is 0 Å². The van der Waals surface area contributed by atoms with E-state index in [0.29, 0.717) is 0 Å². The molecule has 0 fully saturated rings. The van der Waals surface area contributed by atoms with Crippen molar-refractivity contribution in [1.29, 1.82) is 0 Å². The van der Waals surface area contributed by atoms with Crippen LogP contribution in [-0.4, -0.2) is 30.6 Å². The van der Waals surface area contributed by atoms with Gasteiger partial charge in [0.05, 0.1) is 0 Å². The van der Waals surface area contributed by atoms with Crippen LogP contribution in [0.3, 0.4) is 0 Å². The Morgan fingerprint density at radius 1 is 1.90 bits per heavy atom. The molecule has 0 spiro atoms. The fraction of sp³-hybridized carbons (Fsp3) is 0.333. The second-order valence-electron chi connectivity index (χ2n) is 1.92. The maximum absolute atomic E-state index is 10.2. The summed E-state index contributed by atoms with van der Waals surface area (Å²) in [6.45, 7) is 1.92. The molecule has 0 unspecified atom stereocenters. The number of rotatable bonds is 2. The van der Waals surface area contributed by atoms with E-state index in [1.807, 2.05) is 6.92 Å². The van der Waals surface area contributed by atoms with Gasteiger partial charge in [-0.15, -0.1) is 0 Å². The zero-order valence-corrected chi connectivity index (χ0v) is 7.21. The van der Waals surface area contributed by atoms with E-state index < -0.39 is 5.97 Å². The van der Waals surface area contributed by atoms with Crippen LogP contribution in [0, 0.1) is 6.92 Å². The molecule has 1 aromatic heterocycles. The molecule has 0 bridgehead atoms. The molecule has 4 heteroatoms. The van der Waals surface area contributed by atoms with Gasteiger partial charge in [0, 0.05) is 0 Å². The standard InChI is InChI=1S/C6H7NO2Se/c1-4-7-3-5(10-4)2-6(8)9/h3H,2H2,1H3,(H,8,9). The van der Waals surface area contributed by atoms with Crippen LogP contribution in [0.5, 0.6) is 0 Å². The summed E-state index contributed by atoms with van der Waals surface area (Å²) >= 11 is 0.207. The molecule has 0 aliphatic rings. The molecule has 1 N–H and O–H groups in total. The summed E-state index contributed by atoms with van der Waals surface area (Å²) in [5.41, 5.74) is 0. The van der Waals surface area contributed by atoms with E-state index >= 15 is 0 Å². The molecule has 0 aromatic carbocycles. The van der Waals surface area contributed by atoms with Gasteiger partial charge in [-0.2, -0.15) is 0 Å². The van der Waals surface area contributed by atoms with Crippen LogP contribution in [0.4, 0.5) is 0 Å². The van der Waals surface area contributed by atoms with E-state index in [9.17, 15) is 4.79 Å².